The number of para-hydroxylation sites is 1. The molecule has 5 nitrogen and oxygen atoms in total. The summed E-state index contributed by atoms with van der Waals surface area (Å²) in [5.41, 5.74) is 1.17. The number of ether oxygens (including phenoxy) is 1. The Morgan fingerprint density at radius 2 is 1.75 bits per heavy atom. The van der Waals surface area contributed by atoms with Crippen molar-refractivity contribution in [1.82, 2.24) is 4.90 Å². The molecule has 3 rings (SSSR count). The predicted molar refractivity (Wildman–Crippen MR) is 110 cm³/mol. The van der Waals surface area contributed by atoms with Crippen LogP contribution in [-0.4, -0.2) is 50.6 Å². The molecule has 0 fully saturated rings. The molecule has 0 radical (unpaired) electrons. The number of nitrogens with zero attached hydrogens (tertiary/aromatic N) is 2. The van der Waals surface area contributed by atoms with Crippen molar-refractivity contribution < 1.29 is 14.3 Å². The zero-order valence-corrected chi connectivity index (χ0v) is 16.9. The summed E-state index contributed by atoms with van der Waals surface area (Å²) in [5.74, 6) is -0.652. The average Bonchev–Trinajstić information content (AvgIpc) is 2.92. The molecule has 1 aliphatic heterocycles. The van der Waals surface area contributed by atoms with Gasteiger partial charge in [0.05, 0.1) is 6.61 Å². The Kier molecular flexibility index (Phi) is 6.15. The van der Waals surface area contributed by atoms with Crippen molar-refractivity contribution in [3.8, 4) is 0 Å². The molecule has 1 aliphatic rings. The fraction of sp³-hybridized carbons (Fsp3) is 0.391. The van der Waals surface area contributed by atoms with Gasteiger partial charge in [0.2, 0.25) is 5.91 Å². The van der Waals surface area contributed by atoms with Crippen LogP contribution in [0.2, 0.25) is 0 Å². The van der Waals surface area contributed by atoms with Gasteiger partial charge in [-0.3, -0.25) is 9.59 Å². The number of benzene rings is 2. The van der Waals surface area contributed by atoms with Crippen molar-refractivity contribution in [1.29, 1.82) is 0 Å². The largest absolute Gasteiger partial charge is 0.465 e. The number of fused-ring (bicyclic) bond motifs is 1. The molecule has 2 aromatic rings. The van der Waals surface area contributed by atoms with Crippen molar-refractivity contribution in [3.63, 3.8) is 0 Å². The monoisotopic (exact) mass is 380 g/mol. The fourth-order valence-corrected chi connectivity index (χ4v) is 3.89. The predicted octanol–water partition coefficient (Wildman–Crippen LogP) is 3.03. The van der Waals surface area contributed by atoms with E-state index in [1.807, 2.05) is 68.7 Å². The Hall–Kier alpha value is -2.66. The molecule has 0 spiro atoms. The molecular weight excluding hydrogens is 352 g/mol. The summed E-state index contributed by atoms with van der Waals surface area (Å²) in [6.45, 7) is 3.46. The van der Waals surface area contributed by atoms with Gasteiger partial charge in [0.1, 0.15) is 0 Å². The van der Waals surface area contributed by atoms with Gasteiger partial charge in [0, 0.05) is 24.2 Å². The molecule has 0 aromatic heterocycles. The maximum absolute atomic E-state index is 13.7. The summed E-state index contributed by atoms with van der Waals surface area (Å²) in [7, 11) is 4.02. The Bertz CT molecular complexity index is 835. The Labute approximate surface area is 166 Å². The SMILES string of the molecule is CCOC(=O)[C@@]1(Cc2ccccc2)C(=O)N(CCCN(C)C)c2ccccc21. The normalized spacial score (nSPS) is 18.4. The molecule has 148 valence electrons. The number of hydrogen-bond acceptors (Lipinski definition) is 4. The number of hydrogen-bond donors (Lipinski definition) is 0. The molecule has 0 aliphatic carbocycles. The third kappa shape index (κ3) is 3.67. The number of rotatable bonds is 8. The van der Waals surface area contributed by atoms with E-state index >= 15 is 0 Å². The minimum atomic E-state index is -1.33. The Balaban J connectivity index is 2.05. The summed E-state index contributed by atoms with van der Waals surface area (Å²) in [6.07, 6.45) is 1.13. The first kappa shape index (κ1) is 20.1. The maximum Gasteiger partial charge on any atom is 0.326 e. The van der Waals surface area contributed by atoms with Crippen molar-refractivity contribution >= 4 is 17.6 Å². The van der Waals surface area contributed by atoms with Crippen LogP contribution >= 0.6 is 0 Å². The summed E-state index contributed by atoms with van der Waals surface area (Å²) in [4.78, 5) is 30.7. The second-order valence-electron chi connectivity index (χ2n) is 7.42. The number of anilines is 1. The molecule has 0 saturated carbocycles. The van der Waals surface area contributed by atoms with Crippen LogP contribution in [0.15, 0.2) is 54.6 Å². The zero-order valence-electron chi connectivity index (χ0n) is 16.9. The second-order valence-corrected chi connectivity index (χ2v) is 7.42. The van der Waals surface area contributed by atoms with Crippen LogP contribution in [0.3, 0.4) is 0 Å². The number of esters is 1. The van der Waals surface area contributed by atoms with Crippen LogP contribution in [-0.2, 0) is 26.2 Å². The van der Waals surface area contributed by atoms with Crippen molar-refractivity contribution in [2.75, 3.05) is 38.7 Å². The first-order chi connectivity index (χ1) is 13.5. The van der Waals surface area contributed by atoms with Crippen molar-refractivity contribution in [2.24, 2.45) is 0 Å². The molecular formula is C23H28N2O3. The third-order valence-corrected chi connectivity index (χ3v) is 5.19. The lowest BCUT2D eigenvalue weighted by atomic mass is 9.76. The molecule has 5 heteroatoms. The van der Waals surface area contributed by atoms with Crippen LogP contribution in [0, 0.1) is 0 Å². The highest BCUT2D eigenvalue weighted by Crippen LogP contribution is 2.45. The molecule has 28 heavy (non-hydrogen) atoms. The van der Waals surface area contributed by atoms with Crippen LogP contribution in [0.5, 0.6) is 0 Å². The van der Waals surface area contributed by atoms with E-state index in [1.165, 1.54) is 0 Å². The van der Waals surface area contributed by atoms with Gasteiger partial charge in [0.25, 0.3) is 0 Å². The first-order valence-electron chi connectivity index (χ1n) is 9.78. The fourth-order valence-electron chi connectivity index (χ4n) is 3.89. The van der Waals surface area contributed by atoms with Gasteiger partial charge in [-0.15, -0.1) is 0 Å². The van der Waals surface area contributed by atoms with E-state index in [2.05, 4.69) is 4.90 Å². The summed E-state index contributed by atoms with van der Waals surface area (Å²) in [6, 6.07) is 17.3. The van der Waals surface area contributed by atoms with Crippen molar-refractivity contribution in [2.45, 2.75) is 25.2 Å². The van der Waals surface area contributed by atoms with E-state index in [1.54, 1.807) is 11.8 Å². The molecule has 1 heterocycles. The number of amides is 1. The maximum atomic E-state index is 13.7. The minimum absolute atomic E-state index is 0.185. The lowest BCUT2D eigenvalue weighted by Gasteiger charge is -2.27. The third-order valence-electron chi connectivity index (χ3n) is 5.19. The van der Waals surface area contributed by atoms with E-state index in [0.717, 1.165) is 29.8 Å². The lowest BCUT2D eigenvalue weighted by Crippen LogP contribution is -2.49. The smallest absolute Gasteiger partial charge is 0.326 e. The quantitative estimate of drug-likeness (QED) is 0.522. The molecule has 0 saturated heterocycles. The highest BCUT2D eigenvalue weighted by atomic mass is 16.5. The van der Waals surface area contributed by atoms with E-state index < -0.39 is 11.4 Å². The highest BCUT2D eigenvalue weighted by molar-refractivity contribution is 6.20. The molecule has 1 atom stereocenters. The average molecular weight is 380 g/mol. The molecule has 0 unspecified atom stereocenters. The van der Waals surface area contributed by atoms with Gasteiger partial charge in [0.15, 0.2) is 5.41 Å². The molecule has 0 bridgehead atoms. The van der Waals surface area contributed by atoms with Gasteiger partial charge >= 0.3 is 5.97 Å². The van der Waals surface area contributed by atoms with Gasteiger partial charge < -0.3 is 14.5 Å². The van der Waals surface area contributed by atoms with Crippen LogP contribution in [0.1, 0.15) is 24.5 Å². The van der Waals surface area contributed by atoms with Gasteiger partial charge in [-0.1, -0.05) is 48.5 Å². The van der Waals surface area contributed by atoms with E-state index in [4.69, 9.17) is 4.74 Å². The molecule has 1 amide bonds. The van der Waals surface area contributed by atoms with Gasteiger partial charge in [-0.05, 0) is 45.6 Å². The Morgan fingerprint density at radius 3 is 2.43 bits per heavy atom. The standard InChI is InChI=1S/C23H28N2O3/c1-4-28-22(27)23(17-18-11-6-5-7-12-18)19-13-8-9-14-20(19)25(21(23)26)16-10-15-24(2)3/h5-9,11-14H,4,10,15-17H2,1-3H3/t23-/m1/s1. The summed E-state index contributed by atoms with van der Waals surface area (Å²) >= 11 is 0. The Morgan fingerprint density at radius 1 is 1.07 bits per heavy atom. The zero-order chi connectivity index (χ0) is 20.1. The van der Waals surface area contributed by atoms with Crippen LogP contribution in [0.4, 0.5) is 5.69 Å². The minimum Gasteiger partial charge on any atom is -0.465 e. The lowest BCUT2D eigenvalue weighted by molar-refractivity contribution is -0.153. The number of carbonyl (C=O) groups is 2. The van der Waals surface area contributed by atoms with E-state index in [0.29, 0.717) is 13.0 Å². The first-order valence-corrected chi connectivity index (χ1v) is 9.78. The van der Waals surface area contributed by atoms with Gasteiger partial charge in [-0.2, -0.15) is 0 Å². The van der Waals surface area contributed by atoms with Gasteiger partial charge in [-0.25, -0.2) is 0 Å². The van der Waals surface area contributed by atoms with Crippen molar-refractivity contribution in [3.05, 3.63) is 65.7 Å². The van der Waals surface area contributed by atoms with E-state index in [9.17, 15) is 9.59 Å². The van der Waals surface area contributed by atoms with E-state index in [-0.39, 0.29) is 12.5 Å². The van der Waals surface area contributed by atoms with Crippen LogP contribution in [0.25, 0.3) is 0 Å². The summed E-state index contributed by atoms with van der Waals surface area (Å²) in [5, 5.41) is 0. The molecule has 2 aromatic carbocycles. The number of carbonyl (C=O) groups excluding carboxylic acids is 2. The summed E-state index contributed by atoms with van der Waals surface area (Å²) < 4.78 is 5.43. The highest BCUT2D eigenvalue weighted by Gasteiger charge is 2.57. The molecule has 0 N–H and O–H groups in total. The second kappa shape index (κ2) is 8.57. The topological polar surface area (TPSA) is 49.9 Å². The van der Waals surface area contributed by atoms with Crippen LogP contribution < -0.4 is 4.90 Å².